The number of esters is 1. The van der Waals surface area contributed by atoms with Gasteiger partial charge in [0.05, 0.1) is 13.7 Å². The van der Waals surface area contributed by atoms with Gasteiger partial charge in [-0.15, -0.1) is 0 Å². The van der Waals surface area contributed by atoms with Gasteiger partial charge in [0.1, 0.15) is 11.8 Å². The Labute approximate surface area is 209 Å². The van der Waals surface area contributed by atoms with E-state index in [0.29, 0.717) is 30.4 Å². The second kappa shape index (κ2) is 10.4. The van der Waals surface area contributed by atoms with Crippen LogP contribution in [0.15, 0.2) is 47.5 Å². The molecular weight excluding hydrogens is 464 g/mol. The molecule has 5 rings (SSSR count). The molecule has 0 unspecified atom stereocenters. The summed E-state index contributed by atoms with van der Waals surface area (Å²) < 4.78 is 21.6. The van der Waals surface area contributed by atoms with Crippen molar-refractivity contribution >= 4 is 17.8 Å². The van der Waals surface area contributed by atoms with Gasteiger partial charge in [0.25, 0.3) is 0 Å². The van der Waals surface area contributed by atoms with Crippen LogP contribution in [0.25, 0.3) is 0 Å². The van der Waals surface area contributed by atoms with Crippen LogP contribution in [0.5, 0.6) is 17.2 Å². The van der Waals surface area contributed by atoms with Gasteiger partial charge in [-0.1, -0.05) is 24.3 Å². The third-order valence-electron chi connectivity index (χ3n) is 6.61. The zero-order valence-electron chi connectivity index (χ0n) is 20.4. The first kappa shape index (κ1) is 23.9. The van der Waals surface area contributed by atoms with Gasteiger partial charge in [0, 0.05) is 38.3 Å². The molecule has 1 saturated heterocycles. The molecule has 1 fully saturated rings. The Kier molecular flexibility index (Phi) is 6.95. The first-order chi connectivity index (χ1) is 17.6. The third-order valence-corrected chi connectivity index (χ3v) is 6.61. The number of carbonyl (C=O) groups is 2. The van der Waals surface area contributed by atoms with Gasteiger partial charge in [-0.25, -0.2) is 4.99 Å². The van der Waals surface area contributed by atoms with Crippen LogP contribution in [0.1, 0.15) is 24.1 Å². The molecule has 36 heavy (non-hydrogen) atoms. The molecule has 3 heterocycles. The molecule has 0 saturated carbocycles. The molecule has 0 aliphatic carbocycles. The average Bonchev–Trinajstić information content (AvgIpc) is 3.37. The predicted octanol–water partition coefficient (Wildman–Crippen LogP) is 1.95. The highest BCUT2D eigenvalue weighted by Gasteiger charge is 2.43. The van der Waals surface area contributed by atoms with Crippen molar-refractivity contribution < 1.29 is 28.5 Å². The fraction of sp³-hybridized carbons (Fsp3) is 0.423. The SMILES string of the molecule is CCOC(=O)[C@@H]1C(=O)NC(N2CCN(Cc3ccc4c(c3)OCO4)CC2)=N[C@H]1c1ccccc1OC. The van der Waals surface area contributed by atoms with Crippen LogP contribution in [0.3, 0.4) is 0 Å². The van der Waals surface area contributed by atoms with Gasteiger partial charge in [-0.2, -0.15) is 0 Å². The fourth-order valence-electron chi connectivity index (χ4n) is 4.77. The minimum Gasteiger partial charge on any atom is -0.496 e. The summed E-state index contributed by atoms with van der Waals surface area (Å²) in [4.78, 5) is 35.1. The number of rotatable bonds is 6. The van der Waals surface area contributed by atoms with Crippen molar-refractivity contribution in [2.45, 2.75) is 19.5 Å². The van der Waals surface area contributed by atoms with Crippen molar-refractivity contribution in [1.82, 2.24) is 15.1 Å². The molecule has 1 N–H and O–H groups in total. The highest BCUT2D eigenvalue weighted by molar-refractivity contribution is 6.08. The largest absolute Gasteiger partial charge is 0.496 e. The van der Waals surface area contributed by atoms with Crippen molar-refractivity contribution in [1.29, 1.82) is 0 Å². The normalized spacial score (nSPS) is 21.6. The Hall–Kier alpha value is -3.79. The molecule has 0 spiro atoms. The lowest BCUT2D eigenvalue weighted by Crippen LogP contribution is -2.57. The van der Waals surface area contributed by atoms with E-state index in [4.69, 9.17) is 23.9 Å². The topological polar surface area (TPSA) is 102 Å². The van der Waals surface area contributed by atoms with Crippen LogP contribution in [-0.2, 0) is 20.9 Å². The summed E-state index contributed by atoms with van der Waals surface area (Å²) in [6.07, 6.45) is 0. The Morgan fingerprint density at radius 3 is 2.67 bits per heavy atom. The molecule has 1 amide bonds. The first-order valence-electron chi connectivity index (χ1n) is 12.1. The molecule has 0 bridgehead atoms. The number of fused-ring (bicyclic) bond motifs is 1. The molecule has 10 nitrogen and oxygen atoms in total. The van der Waals surface area contributed by atoms with E-state index in [1.165, 1.54) is 0 Å². The lowest BCUT2D eigenvalue weighted by atomic mass is 9.90. The van der Waals surface area contributed by atoms with E-state index in [-0.39, 0.29) is 13.4 Å². The number of nitrogens with one attached hydrogen (secondary N) is 1. The van der Waals surface area contributed by atoms with Gasteiger partial charge < -0.3 is 23.8 Å². The van der Waals surface area contributed by atoms with Crippen LogP contribution in [-0.4, -0.2) is 74.3 Å². The summed E-state index contributed by atoms with van der Waals surface area (Å²) in [5, 5.41) is 2.85. The maximum absolute atomic E-state index is 13.2. The van der Waals surface area contributed by atoms with E-state index in [2.05, 4.69) is 21.2 Å². The molecule has 2 aromatic carbocycles. The summed E-state index contributed by atoms with van der Waals surface area (Å²) in [7, 11) is 1.56. The monoisotopic (exact) mass is 494 g/mol. The van der Waals surface area contributed by atoms with Gasteiger partial charge in [0.2, 0.25) is 18.7 Å². The summed E-state index contributed by atoms with van der Waals surface area (Å²) >= 11 is 0. The lowest BCUT2D eigenvalue weighted by Gasteiger charge is -2.39. The highest BCUT2D eigenvalue weighted by Crippen LogP contribution is 2.36. The number of hydrogen-bond acceptors (Lipinski definition) is 9. The number of benzene rings is 2. The van der Waals surface area contributed by atoms with Gasteiger partial charge in [0.15, 0.2) is 17.4 Å². The maximum Gasteiger partial charge on any atom is 0.321 e. The minimum atomic E-state index is -1.09. The smallest absolute Gasteiger partial charge is 0.321 e. The summed E-state index contributed by atoms with van der Waals surface area (Å²) in [6.45, 7) is 5.92. The summed E-state index contributed by atoms with van der Waals surface area (Å²) in [5.74, 6) is 0.503. The Morgan fingerprint density at radius 1 is 1.11 bits per heavy atom. The van der Waals surface area contributed by atoms with Crippen LogP contribution in [0, 0.1) is 5.92 Å². The zero-order chi connectivity index (χ0) is 25.1. The number of amides is 1. The van der Waals surface area contributed by atoms with Gasteiger partial charge >= 0.3 is 5.97 Å². The molecular formula is C26H30N4O6. The van der Waals surface area contributed by atoms with Crippen LogP contribution in [0.2, 0.25) is 0 Å². The number of nitrogens with zero attached hydrogens (tertiary/aromatic N) is 3. The number of ether oxygens (including phenoxy) is 4. The number of piperazine rings is 1. The molecule has 3 aliphatic rings. The molecule has 3 aliphatic heterocycles. The minimum absolute atomic E-state index is 0.184. The Balaban J connectivity index is 1.32. The number of hydrogen-bond donors (Lipinski definition) is 1. The van der Waals surface area contributed by atoms with Crippen molar-refractivity contribution in [2.24, 2.45) is 10.9 Å². The van der Waals surface area contributed by atoms with Crippen molar-refractivity contribution in [3.05, 3.63) is 53.6 Å². The van der Waals surface area contributed by atoms with E-state index < -0.39 is 23.8 Å². The highest BCUT2D eigenvalue weighted by atomic mass is 16.7. The second-order valence-corrected chi connectivity index (χ2v) is 8.81. The van der Waals surface area contributed by atoms with E-state index in [1.807, 2.05) is 30.3 Å². The molecule has 2 aromatic rings. The quantitative estimate of drug-likeness (QED) is 0.480. The van der Waals surface area contributed by atoms with Crippen LogP contribution >= 0.6 is 0 Å². The van der Waals surface area contributed by atoms with Gasteiger partial charge in [-0.3, -0.25) is 19.8 Å². The molecule has 10 heteroatoms. The standard InChI is InChI=1S/C26H30N4O6/c1-3-34-25(32)22-23(18-6-4-5-7-19(18)33-2)27-26(28-24(22)31)30-12-10-29(11-13-30)15-17-8-9-20-21(14-17)36-16-35-20/h4-9,14,22-23H,3,10-13,15-16H2,1-2H3,(H,27,28,31)/t22-,23-/m0/s1. The number of carbonyl (C=O) groups excluding carboxylic acids is 2. The summed E-state index contributed by atoms with van der Waals surface area (Å²) in [5.41, 5.74) is 1.83. The number of guanidine groups is 1. The molecule has 2 atom stereocenters. The van der Waals surface area contributed by atoms with Crippen molar-refractivity contribution in [3.8, 4) is 17.2 Å². The van der Waals surface area contributed by atoms with E-state index in [9.17, 15) is 9.59 Å². The third kappa shape index (κ3) is 4.81. The van der Waals surface area contributed by atoms with Crippen molar-refractivity contribution in [3.63, 3.8) is 0 Å². The second-order valence-electron chi connectivity index (χ2n) is 8.81. The molecule has 0 radical (unpaired) electrons. The first-order valence-corrected chi connectivity index (χ1v) is 12.1. The number of aliphatic imine (C=N–C) groups is 1. The Bertz CT molecular complexity index is 1160. The van der Waals surface area contributed by atoms with E-state index in [1.54, 1.807) is 20.1 Å². The van der Waals surface area contributed by atoms with E-state index >= 15 is 0 Å². The van der Waals surface area contributed by atoms with E-state index in [0.717, 1.165) is 36.7 Å². The summed E-state index contributed by atoms with van der Waals surface area (Å²) in [6, 6.07) is 12.6. The predicted molar refractivity (Wildman–Crippen MR) is 131 cm³/mol. The van der Waals surface area contributed by atoms with Crippen molar-refractivity contribution in [2.75, 3.05) is 46.7 Å². The number of para-hydroxylation sites is 1. The fourth-order valence-corrected chi connectivity index (χ4v) is 4.77. The molecule has 0 aromatic heterocycles. The maximum atomic E-state index is 13.2. The van der Waals surface area contributed by atoms with Crippen LogP contribution in [0.4, 0.5) is 0 Å². The lowest BCUT2D eigenvalue weighted by molar-refractivity contribution is -0.153. The average molecular weight is 495 g/mol. The van der Waals surface area contributed by atoms with Crippen LogP contribution < -0.4 is 19.5 Å². The Morgan fingerprint density at radius 2 is 1.89 bits per heavy atom. The van der Waals surface area contributed by atoms with Gasteiger partial charge in [-0.05, 0) is 30.7 Å². The molecule has 190 valence electrons. The zero-order valence-corrected chi connectivity index (χ0v) is 20.4. The number of methoxy groups -OCH3 is 1.